The number of carbonyl (C=O) groups is 1. The molecule has 32 heavy (non-hydrogen) atoms. The summed E-state index contributed by atoms with van der Waals surface area (Å²) in [6, 6.07) is 24.4. The minimum absolute atomic E-state index is 0.271. The summed E-state index contributed by atoms with van der Waals surface area (Å²) in [5.41, 5.74) is 2.37. The highest BCUT2D eigenvalue weighted by Crippen LogP contribution is 2.30. The van der Waals surface area contributed by atoms with E-state index in [2.05, 4.69) is 21.6 Å². The largest absolute Gasteiger partial charge is 0.324 e. The van der Waals surface area contributed by atoms with Gasteiger partial charge in [-0.05, 0) is 43.3 Å². The number of anilines is 1. The van der Waals surface area contributed by atoms with Crippen molar-refractivity contribution in [1.29, 1.82) is 5.26 Å². The van der Waals surface area contributed by atoms with Crippen LogP contribution >= 0.6 is 11.8 Å². The number of thioether (sulfide) groups is 1. The number of hydrogen-bond donors (Lipinski definition) is 1. The van der Waals surface area contributed by atoms with Crippen LogP contribution in [0.1, 0.15) is 12.5 Å². The lowest BCUT2D eigenvalue weighted by molar-refractivity contribution is -0.115. The van der Waals surface area contributed by atoms with Gasteiger partial charge in [0.2, 0.25) is 5.91 Å². The number of carbonyl (C=O) groups excluding carboxylic acids is 1. The standard InChI is InChI=1S/C24H18FN5OS/c1-16(23(31)27-21-10-6-5-9-18(21)15-26)32-24-29-28-22(17-7-3-2-4-8-17)30(24)20-13-11-19(25)12-14-20/h2-14,16H,1H3,(H,27,31). The fourth-order valence-corrected chi connectivity index (χ4v) is 3.95. The Morgan fingerprint density at radius 2 is 1.72 bits per heavy atom. The van der Waals surface area contributed by atoms with E-state index in [0.717, 1.165) is 5.56 Å². The lowest BCUT2D eigenvalue weighted by Gasteiger charge is -2.14. The van der Waals surface area contributed by atoms with Gasteiger partial charge in [0.15, 0.2) is 11.0 Å². The Hall–Kier alpha value is -3.96. The average molecular weight is 444 g/mol. The summed E-state index contributed by atoms with van der Waals surface area (Å²) >= 11 is 1.23. The third-order valence-corrected chi connectivity index (χ3v) is 5.75. The number of nitrogens with zero attached hydrogens (tertiary/aromatic N) is 4. The Morgan fingerprint density at radius 1 is 1.03 bits per heavy atom. The zero-order chi connectivity index (χ0) is 22.5. The van der Waals surface area contributed by atoms with Crippen LogP contribution in [0.2, 0.25) is 0 Å². The molecule has 1 N–H and O–H groups in total. The Morgan fingerprint density at radius 3 is 2.44 bits per heavy atom. The van der Waals surface area contributed by atoms with Gasteiger partial charge in [-0.1, -0.05) is 54.2 Å². The summed E-state index contributed by atoms with van der Waals surface area (Å²) in [5.74, 6) is -0.0315. The summed E-state index contributed by atoms with van der Waals surface area (Å²) in [6.45, 7) is 1.75. The fourth-order valence-electron chi connectivity index (χ4n) is 3.08. The molecule has 0 saturated heterocycles. The second-order valence-corrected chi connectivity index (χ2v) is 8.20. The first-order chi connectivity index (χ1) is 15.6. The van der Waals surface area contributed by atoms with Gasteiger partial charge in [-0.25, -0.2) is 4.39 Å². The highest BCUT2D eigenvalue weighted by molar-refractivity contribution is 8.00. The Kier molecular flexibility index (Phi) is 6.29. The number of rotatable bonds is 6. The highest BCUT2D eigenvalue weighted by atomic mass is 32.2. The average Bonchev–Trinajstić information content (AvgIpc) is 3.24. The number of aromatic nitrogens is 3. The smallest absolute Gasteiger partial charge is 0.237 e. The monoisotopic (exact) mass is 443 g/mol. The molecule has 1 amide bonds. The molecular weight excluding hydrogens is 425 g/mol. The third-order valence-electron chi connectivity index (χ3n) is 4.71. The summed E-state index contributed by atoms with van der Waals surface area (Å²) in [5, 5.41) is 20.6. The number of benzene rings is 3. The van der Waals surface area contributed by atoms with E-state index in [1.807, 2.05) is 30.3 Å². The van der Waals surface area contributed by atoms with Crippen LogP contribution < -0.4 is 5.32 Å². The quantitative estimate of drug-likeness (QED) is 0.421. The van der Waals surface area contributed by atoms with Gasteiger partial charge in [0.05, 0.1) is 16.5 Å². The van der Waals surface area contributed by atoms with Crippen molar-refractivity contribution in [2.75, 3.05) is 5.32 Å². The minimum Gasteiger partial charge on any atom is -0.324 e. The van der Waals surface area contributed by atoms with Gasteiger partial charge in [-0.15, -0.1) is 10.2 Å². The normalized spacial score (nSPS) is 11.5. The molecule has 1 atom stereocenters. The molecule has 4 aromatic rings. The molecule has 158 valence electrons. The highest BCUT2D eigenvalue weighted by Gasteiger charge is 2.22. The molecule has 4 rings (SSSR count). The van der Waals surface area contributed by atoms with E-state index >= 15 is 0 Å². The maximum Gasteiger partial charge on any atom is 0.237 e. The fraction of sp³-hybridized carbons (Fsp3) is 0.0833. The van der Waals surface area contributed by atoms with Gasteiger partial charge in [0, 0.05) is 11.3 Å². The Labute approximate surface area is 188 Å². The molecular formula is C24H18FN5OS. The zero-order valence-electron chi connectivity index (χ0n) is 17.1. The molecule has 3 aromatic carbocycles. The van der Waals surface area contributed by atoms with Crippen molar-refractivity contribution in [2.24, 2.45) is 0 Å². The first-order valence-corrected chi connectivity index (χ1v) is 10.7. The molecule has 1 aromatic heterocycles. The first-order valence-electron chi connectivity index (χ1n) is 9.80. The van der Waals surface area contributed by atoms with E-state index in [9.17, 15) is 14.4 Å². The van der Waals surface area contributed by atoms with Crippen LogP contribution in [0, 0.1) is 17.1 Å². The predicted molar refractivity (Wildman–Crippen MR) is 122 cm³/mol. The summed E-state index contributed by atoms with van der Waals surface area (Å²) in [6.07, 6.45) is 0. The Balaban J connectivity index is 1.65. The molecule has 0 aliphatic heterocycles. The molecule has 1 heterocycles. The van der Waals surface area contributed by atoms with Crippen molar-refractivity contribution in [3.05, 3.63) is 90.2 Å². The van der Waals surface area contributed by atoms with E-state index in [1.165, 1.54) is 23.9 Å². The number of amides is 1. The molecule has 0 aliphatic rings. The predicted octanol–water partition coefficient (Wildman–Crippen LogP) is 5.06. The molecule has 0 spiro atoms. The summed E-state index contributed by atoms with van der Waals surface area (Å²) in [4.78, 5) is 12.8. The van der Waals surface area contributed by atoms with E-state index in [1.54, 1.807) is 47.9 Å². The molecule has 0 aliphatic carbocycles. The topological polar surface area (TPSA) is 83.6 Å². The maximum absolute atomic E-state index is 13.5. The van der Waals surface area contributed by atoms with Gasteiger partial charge >= 0.3 is 0 Å². The van der Waals surface area contributed by atoms with Gasteiger partial charge < -0.3 is 5.32 Å². The summed E-state index contributed by atoms with van der Waals surface area (Å²) < 4.78 is 15.3. The molecule has 8 heteroatoms. The van der Waals surface area contributed by atoms with Crippen LogP contribution in [0.3, 0.4) is 0 Å². The van der Waals surface area contributed by atoms with Gasteiger partial charge in [0.1, 0.15) is 11.9 Å². The van der Waals surface area contributed by atoms with E-state index in [-0.39, 0.29) is 11.7 Å². The van der Waals surface area contributed by atoms with Crippen LogP contribution in [-0.2, 0) is 4.79 Å². The second-order valence-electron chi connectivity index (χ2n) is 6.89. The minimum atomic E-state index is -0.534. The molecule has 0 radical (unpaired) electrons. The number of nitrogens with one attached hydrogen (secondary N) is 1. The van der Waals surface area contributed by atoms with E-state index in [4.69, 9.17) is 0 Å². The number of nitriles is 1. The van der Waals surface area contributed by atoms with Crippen molar-refractivity contribution in [3.8, 4) is 23.1 Å². The van der Waals surface area contributed by atoms with Crippen molar-refractivity contribution < 1.29 is 9.18 Å². The second kappa shape index (κ2) is 9.45. The Bertz CT molecular complexity index is 1280. The van der Waals surface area contributed by atoms with Gasteiger partial charge in [0.25, 0.3) is 0 Å². The van der Waals surface area contributed by atoms with Crippen molar-refractivity contribution >= 4 is 23.4 Å². The molecule has 0 fully saturated rings. The third kappa shape index (κ3) is 4.53. The number of hydrogen-bond acceptors (Lipinski definition) is 5. The number of halogens is 1. The van der Waals surface area contributed by atoms with Crippen LogP contribution in [0.4, 0.5) is 10.1 Å². The maximum atomic E-state index is 13.5. The van der Waals surface area contributed by atoms with Gasteiger partial charge in [-0.3, -0.25) is 9.36 Å². The first kappa shape index (κ1) is 21.3. The van der Waals surface area contributed by atoms with E-state index in [0.29, 0.717) is 27.9 Å². The van der Waals surface area contributed by atoms with Crippen LogP contribution in [-0.4, -0.2) is 25.9 Å². The molecule has 0 saturated carbocycles. The molecule has 6 nitrogen and oxygen atoms in total. The van der Waals surface area contributed by atoms with Crippen LogP contribution in [0.5, 0.6) is 0 Å². The van der Waals surface area contributed by atoms with Gasteiger partial charge in [-0.2, -0.15) is 5.26 Å². The SMILES string of the molecule is CC(Sc1nnc(-c2ccccc2)n1-c1ccc(F)cc1)C(=O)Nc1ccccc1C#N. The summed E-state index contributed by atoms with van der Waals surface area (Å²) in [7, 11) is 0. The van der Waals surface area contributed by atoms with Crippen molar-refractivity contribution in [1.82, 2.24) is 14.8 Å². The zero-order valence-corrected chi connectivity index (χ0v) is 17.9. The lowest BCUT2D eigenvalue weighted by Crippen LogP contribution is -2.23. The molecule has 0 bridgehead atoms. The number of para-hydroxylation sites is 1. The van der Waals surface area contributed by atoms with Crippen LogP contribution in [0.25, 0.3) is 17.1 Å². The lowest BCUT2D eigenvalue weighted by atomic mass is 10.2. The van der Waals surface area contributed by atoms with Crippen LogP contribution in [0.15, 0.2) is 84.0 Å². The van der Waals surface area contributed by atoms with E-state index < -0.39 is 5.25 Å². The molecule has 1 unspecified atom stereocenters. The van der Waals surface area contributed by atoms with Crippen molar-refractivity contribution in [3.63, 3.8) is 0 Å². The van der Waals surface area contributed by atoms with Crippen molar-refractivity contribution in [2.45, 2.75) is 17.3 Å².